The fourth-order valence-electron chi connectivity index (χ4n) is 2.19. The number of ether oxygens (including phenoxy) is 2. The first-order chi connectivity index (χ1) is 13.1. The van der Waals surface area contributed by atoms with Gasteiger partial charge in [0, 0.05) is 0 Å². The van der Waals surface area contributed by atoms with E-state index < -0.39 is 22.0 Å². The van der Waals surface area contributed by atoms with Crippen LogP contribution in [0.1, 0.15) is 19.7 Å². The highest BCUT2D eigenvalue weighted by Crippen LogP contribution is 2.17. The number of nitrogens with one attached hydrogen (secondary N) is 1. The molecule has 1 aromatic heterocycles. The van der Waals surface area contributed by atoms with Crippen molar-refractivity contribution >= 4 is 27.9 Å². The molecule has 1 heterocycles. The lowest BCUT2D eigenvalue weighted by atomic mass is 10.1. The number of benzene rings is 1. The normalized spacial score (nSPS) is 12.6. The molecular formula is C16H22N6O5S. The molecule has 11 nitrogen and oxygen atoms in total. The van der Waals surface area contributed by atoms with Gasteiger partial charge >= 0.3 is 5.97 Å². The number of hydrogen-bond donors (Lipinski definition) is 3. The topological polar surface area (TPSA) is 172 Å². The third-order valence-corrected chi connectivity index (χ3v) is 5.09. The molecule has 28 heavy (non-hydrogen) atoms. The van der Waals surface area contributed by atoms with Gasteiger partial charge in [0.15, 0.2) is 12.4 Å². The molecule has 152 valence electrons. The number of aromatic nitrogens is 3. The summed E-state index contributed by atoms with van der Waals surface area (Å²) < 4.78 is 37.7. The molecule has 1 aromatic carbocycles. The van der Waals surface area contributed by atoms with Crippen LogP contribution >= 0.6 is 0 Å². The first kappa shape index (κ1) is 21.3. The number of carbonyl (C=O) groups is 1. The minimum atomic E-state index is -3.96. The Labute approximate surface area is 162 Å². The largest absolute Gasteiger partial charge is 0.497 e. The molecule has 0 spiro atoms. The number of nitrogens with zero attached hydrogens (tertiary/aromatic N) is 3. The van der Waals surface area contributed by atoms with Crippen LogP contribution < -0.4 is 20.9 Å². The SMILES string of the molecule is COc1ccc(S(=O)(=O)N[C@H](C(=O)OCc2nc(N)nc(N)n2)C(C)C)cc1. The van der Waals surface area contributed by atoms with Gasteiger partial charge in [-0.25, -0.2) is 8.42 Å². The minimum Gasteiger partial charge on any atom is -0.497 e. The summed E-state index contributed by atoms with van der Waals surface area (Å²) in [6, 6.07) is 4.64. The quantitative estimate of drug-likeness (QED) is 0.506. The molecule has 12 heteroatoms. The summed E-state index contributed by atoms with van der Waals surface area (Å²) in [5, 5.41) is 0. The summed E-state index contributed by atoms with van der Waals surface area (Å²) in [6.07, 6.45) is 0. The van der Waals surface area contributed by atoms with E-state index in [0.717, 1.165) is 0 Å². The van der Waals surface area contributed by atoms with Crippen LogP contribution in [0.5, 0.6) is 5.75 Å². The summed E-state index contributed by atoms with van der Waals surface area (Å²) in [6.45, 7) is 3.03. The summed E-state index contributed by atoms with van der Waals surface area (Å²) in [5.74, 6) is -0.828. The van der Waals surface area contributed by atoms with Gasteiger partial charge in [-0.2, -0.15) is 19.7 Å². The van der Waals surface area contributed by atoms with Crippen LogP contribution in [0, 0.1) is 5.92 Å². The highest BCUT2D eigenvalue weighted by atomic mass is 32.2. The Morgan fingerprint density at radius 3 is 2.18 bits per heavy atom. The third-order valence-electron chi connectivity index (χ3n) is 3.63. The van der Waals surface area contributed by atoms with Gasteiger partial charge in [-0.3, -0.25) is 4.79 Å². The van der Waals surface area contributed by atoms with Crippen molar-refractivity contribution in [1.29, 1.82) is 0 Å². The van der Waals surface area contributed by atoms with Crippen molar-refractivity contribution in [3.05, 3.63) is 30.1 Å². The van der Waals surface area contributed by atoms with Crippen molar-refractivity contribution in [2.45, 2.75) is 31.4 Å². The van der Waals surface area contributed by atoms with Gasteiger partial charge in [-0.1, -0.05) is 13.8 Å². The summed E-state index contributed by atoms with van der Waals surface area (Å²) >= 11 is 0. The van der Waals surface area contributed by atoms with Gasteiger partial charge in [0.25, 0.3) is 0 Å². The van der Waals surface area contributed by atoms with Crippen LogP contribution in [-0.2, 0) is 26.2 Å². The molecule has 0 saturated carbocycles. The van der Waals surface area contributed by atoms with E-state index in [1.807, 2.05) is 0 Å². The van der Waals surface area contributed by atoms with E-state index in [0.29, 0.717) is 5.75 Å². The molecule has 0 aliphatic rings. The number of hydrogen-bond acceptors (Lipinski definition) is 10. The van der Waals surface area contributed by atoms with E-state index in [9.17, 15) is 13.2 Å². The smallest absolute Gasteiger partial charge is 0.324 e. The highest BCUT2D eigenvalue weighted by Gasteiger charge is 2.30. The van der Waals surface area contributed by atoms with Crippen LogP contribution in [0.15, 0.2) is 29.2 Å². The molecule has 0 aliphatic heterocycles. The first-order valence-electron chi connectivity index (χ1n) is 8.21. The minimum absolute atomic E-state index is 0.00948. The Hall–Kier alpha value is -2.99. The Balaban J connectivity index is 2.11. The van der Waals surface area contributed by atoms with E-state index >= 15 is 0 Å². The Morgan fingerprint density at radius 1 is 1.11 bits per heavy atom. The van der Waals surface area contributed by atoms with E-state index in [2.05, 4.69) is 19.7 Å². The predicted molar refractivity (Wildman–Crippen MR) is 100 cm³/mol. The molecule has 5 N–H and O–H groups in total. The monoisotopic (exact) mass is 410 g/mol. The zero-order valence-electron chi connectivity index (χ0n) is 15.6. The van der Waals surface area contributed by atoms with Crippen LogP contribution in [0.25, 0.3) is 0 Å². The maximum absolute atomic E-state index is 12.6. The van der Waals surface area contributed by atoms with Crippen molar-refractivity contribution in [1.82, 2.24) is 19.7 Å². The second-order valence-electron chi connectivity index (χ2n) is 6.09. The Bertz CT molecular complexity index is 913. The van der Waals surface area contributed by atoms with E-state index in [1.165, 1.54) is 31.4 Å². The van der Waals surface area contributed by atoms with Gasteiger partial charge < -0.3 is 20.9 Å². The first-order valence-corrected chi connectivity index (χ1v) is 9.69. The summed E-state index contributed by atoms with van der Waals surface area (Å²) in [5.41, 5.74) is 10.9. The lowest BCUT2D eigenvalue weighted by molar-refractivity contribution is -0.148. The van der Waals surface area contributed by atoms with E-state index in [1.54, 1.807) is 13.8 Å². The summed E-state index contributed by atoms with van der Waals surface area (Å²) in [4.78, 5) is 23.6. The third kappa shape index (κ3) is 5.50. The van der Waals surface area contributed by atoms with Gasteiger partial charge in [0.05, 0.1) is 12.0 Å². The van der Waals surface area contributed by atoms with Gasteiger partial charge in [-0.15, -0.1) is 0 Å². The van der Waals surface area contributed by atoms with Crippen molar-refractivity contribution in [3.8, 4) is 5.75 Å². The number of rotatable bonds is 8. The molecule has 2 aromatic rings. The van der Waals surface area contributed by atoms with Gasteiger partial charge in [-0.05, 0) is 30.2 Å². The van der Waals surface area contributed by atoms with Crippen molar-refractivity contribution in [2.75, 3.05) is 18.6 Å². The van der Waals surface area contributed by atoms with Crippen LogP contribution in [0.2, 0.25) is 0 Å². The fraction of sp³-hybridized carbons (Fsp3) is 0.375. The highest BCUT2D eigenvalue weighted by molar-refractivity contribution is 7.89. The maximum atomic E-state index is 12.6. The molecule has 0 bridgehead atoms. The lowest BCUT2D eigenvalue weighted by Gasteiger charge is -2.20. The van der Waals surface area contributed by atoms with Crippen molar-refractivity contribution < 1.29 is 22.7 Å². The lowest BCUT2D eigenvalue weighted by Crippen LogP contribution is -2.45. The molecule has 0 radical (unpaired) electrons. The second-order valence-corrected chi connectivity index (χ2v) is 7.81. The number of nitrogen functional groups attached to an aromatic ring is 2. The molecular weight excluding hydrogens is 388 g/mol. The molecule has 0 aliphatic carbocycles. The second kappa shape index (κ2) is 8.80. The van der Waals surface area contributed by atoms with Crippen molar-refractivity contribution in [2.24, 2.45) is 5.92 Å². The molecule has 1 atom stereocenters. The summed E-state index contributed by atoms with van der Waals surface area (Å²) in [7, 11) is -2.49. The van der Waals surface area contributed by atoms with Crippen LogP contribution in [-0.4, -0.2) is 42.5 Å². The molecule has 0 amide bonds. The average molecular weight is 410 g/mol. The van der Waals surface area contributed by atoms with E-state index in [-0.39, 0.29) is 35.1 Å². The number of carbonyl (C=O) groups excluding carboxylic acids is 1. The van der Waals surface area contributed by atoms with Gasteiger partial charge in [0.2, 0.25) is 21.9 Å². The van der Waals surface area contributed by atoms with Gasteiger partial charge in [0.1, 0.15) is 11.8 Å². The van der Waals surface area contributed by atoms with Crippen LogP contribution in [0.3, 0.4) is 0 Å². The number of esters is 1. The number of methoxy groups -OCH3 is 1. The molecule has 2 rings (SSSR count). The van der Waals surface area contributed by atoms with Crippen LogP contribution in [0.4, 0.5) is 11.9 Å². The molecule has 0 unspecified atom stereocenters. The zero-order chi connectivity index (χ0) is 20.9. The zero-order valence-corrected chi connectivity index (χ0v) is 16.4. The Kier molecular flexibility index (Phi) is 6.70. The predicted octanol–water partition coefficient (Wildman–Crippen LogP) is 0.0909. The molecule has 0 saturated heterocycles. The number of anilines is 2. The number of sulfonamides is 1. The number of nitrogens with two attached hydrogens (primary N) is 2. The maximum Gasteiger partial charge on any atom is 0.324 e. The molecule has 0 fully saturated rings. The standard InChI is InChI=1S/C16H22N6O5S/c1-9(2)13(14(23)27-8-12-19-15(17)21-16(18)20-12)22-28(24,25)11-6-4-10(26-3)5-7-11/h4-7,9,13,22H,8H2,1-3H3,(H4,17,18,19,20,21)/t13-/m0/s1. The fourth-order valence-corrected chi connectivity index (χ4v) is 3.53. The van der Waals surface area contributed by atoms with E-state index in [4.69, 9.17) is 20.9 Å². The average Bonchev–Trinajstić information content (AvgIpc) is 2.63. The Morgan fingerprint density at radius 2 is 1.68 bits per heavy atom. The van der Waals surface area contributed by atoms with Crippen molar-refractivity contribution in [3.63, 3.8) is 0 Å².